The normalized spacial score (nSPS) is 11.3. The summed E-state index contributed by atoms with van der Waals surface area (Å²) in [4.78, 5) is 7.97. The minimum Gasteiger partial charge on any atom is -0.437 e. The summed E-state index contributed by atoms with van der Waals surface area (Å²) in [7, 11) is -3.46. The molecule has 0 saturated heterocycles. The summed E-state index contributed by atoms with van der Waals surface area (Å²) in [6.07, 6.45) is 1.12. The molecule has 0 aliphatic carbocycles. The minimum absolute atomic E-state index is 0.363. The molecule has 0 bridgehead atoms. The maximum absolute atomic E-state index is 11.9. The highest BCUT2D eigenvalue weighted by molar-refractivity contribution is 7.92. The van der Waals surface area contributed by atoms with Crippen LogP contribution in [0.25, 0.3) is 22.6 Å². The summed E-state index contributed by atoms with van der Waals surface area (Å²) in [5.74, 6) is 1.64. The Morgan fingerprint density at radius 1 is 0.933 bits per heavy atom. The van der Waals surface area contributed by atoms with Crippen molar-refractivity contribution in [1.29, 1.82) is 0 Å². The van der Waals surface area contributed by atoms with Crippen molar-refractivity contribution in [3.8, 4) is 34.3 Å². The Kier molecular flexibility index (Phi) is 5.29. The Balaban J connectivity index is 1.85. The standard InChI is InChI=1S/C23H21N3O3S/c1-16-9-8-12-18(15-16)29-23-21(24-22(25-23)17-10-4-3-5-11-17)19-13-6-7-14-20(19)26-30(2,27)28/h3-15,26H,1-2H3,(H,24,25). The fraction of sp³-hybridized carbons (Fsp3) is 0.0870. The molecule has 0 unspecified atom stereocenters. The number of hydrogen-bond acceptors (Lipinski definition) is 4. The van der Waals surface area contributed by atoms with Gasteiger partial charge in [0, 0.05) is 11.1 Å². The van der Waals surface area contributed by atoms with Gasteiger partial charge >= 0.3 is 0 Å². The zero-order valence-electron chi connectivity index (χ0n) is 16.6. The van der Waals surface area contributed by atoms with E-state index < -0.39 is 10.0 Å². The number of aryl methyl sites for hydroxylation is 1. The summed E-state index contributed by atoms with van der Waals surface area (Å²) in [5, 5.41) is 0. The molecule has 152 valence electrons. The van der Waals surface area contributed by atoms with Crippen molar-refractivity contribution < 1.29 is 13.2 Å². The monoisotopic (exact) mass is 419 g/mol. The Morgan fingerprint density at radius 3 is 2.40 bits per heavy atom. The van der Waals surface area contributed by atoms with Crippen LogP contribution in [0.2, 0.25) is 0 Å². The average Bonchev–Trinajstić information content (AvgIpc) is 3.11. The van der Waals surface area contributed by atoms with Crippen molar-refractivity contribution in [2.45, 2.75) is 6.92 Å². The summed E-state index contributed by atoms with van der Waals surface area (Å²) in [6, 6.07) is 24.5. The van der Waals surface area contributed by atoms with Crippen LogP contribution in [-0.4, -0.2) is 24.6 Å². The number of ether oxygens (including phenoxy) is 1. The number of imidazole rings is 1. The second-order valence-electron chi connectivity index (χ2n) is 6.97. The maximum Gasteiger partial charge on any atom is 0.246 e. The molecule has 1 aromatic heterocycles. The number of rotatable bonds is 6. The second kappa shape index (κ2) is 8.04. The van der Waals surface area contributed by atoms with Crippen LogP contribution in [0.3, 0.4) is 0 Å². The van der Waals surface area contributed by atoms with E-state index in [4.69, 9.17) is 4.74 Å². The van der Waals surface area contributed by atoms with E-state index in [1.807, 2.05) is 73.7 Å². The molecule has 0 radical (unpaired) electrons. The number of aromatic amines is 1. The number of aromatic nitrogens is 2. The van der Waals surface area contributed by atoms with E-state index in [0.717, 1.165) is 17.4 Å². The van der Waals surface area contributed by atoms with Crippen LogP contribution in [0.5, 0.6) is 11.6 Å². The van der Waals surface area contributed by atoms with E-state index in [1.165, 1.54) is 0 Å². The lowest BCUT2D eigenvalue weighted by Crippen LogP contribution is -2.10. The van der Waals surface area contributed by atoms with Crippen LogP contribution in [0, 0.1) is 6.92 Å². The number of hydrogen-bond donors (Lipinski definition) is 2. The van der Waals surface area contributed by atoms with Gasteiger partial charge in [0.05, 0.1) is 11.9 Å². The minimum atomic E-state index is -3.46. The van der Waals surface area contributed by atoms with Crippen LogP contribution in [0.1, 0.15) is 5.56 Å². The number of benzene rings is 3. The lowest BCUT2D eigenvalue weighted by atomic mass is 10.1. The molecule has 0 aliphatic rings. The first-order valence-electron chi connectivity index (χ1n) is 9.36. The zero-order chi connectivity index (χ0) is 21.1. The molecule has 0 fully saturated rings. The maximum atomic E-state index is 11.9. The van der Waals surface area contributed by atoms with Gasteiger partial charge in [0.15, 0.2) is 0 Å². The molecular weight excluding hydrogens is 398 g/mol. The van der Waals surface area contributed by atoms with Gasteiger partial charge in [-0.25, -0.2) is 8.42 Å². The number of nitrogens with zero attached hydrogens (tertiary/aromatic N) is 1. The molecule has 7 heteroatoms. The van der Waals surface area contributed by atoms with E-state index in [9.17, 15) is 8.42 Å². The smallest absolute Gasteiger partial charge is 0.246 e. The van der Waals surface area contributed by atoms with Gasteiger partial charge in [-0.1, -0.05) is 60.7 Å². The van der Waals surface area contributed by atoms with Gasteiger partial charge in [-0.15, -0.1) is 0 Å². The van der Waals surface area contributed by atoms with Gasteiger partial charge in [0.1, 0.15) is 17.3 Å². The average molecular weight is 420 g/mol. The molecule has 6 nitrogen and oxygen atoms in total. The highest BCUT2D eigenvalue weighted by Crippen LogP contribution is 2.37. The van der Waals surface area contributed by atoms with Crippen molar-refractivity contribution in [3.63, 3.8) is 0 Å². The molecule has 4 rings (SSSR count). The van der Waals surface area contributed by atoms with Crippen molar-refractivity contribution in [2.75, 3.05) is 11.0 Å². The van der Waals surface area contributed by atoms with Gasteiger partial charge in [-0.05, 0) is 30.7 Å². The summed E-state index contributed by atoms with van der Waals surface area (Å²) < 4.78 is 32.4. The molecule has 30 heavy (non-hydrogen) atoms. The largest absolute Gasteiger partial charge is 0.437 e. The van der Waals surface area contributed by atoms with Crippen LogP contribution >= 0.6 is 0 Å². The number of para-hydroxylation sites is 1. The fourth-order valence-corrected chi connectivity index (χ4v) is 3.70. The van der Waals surface area contributed by atoms with Crippen molar-refractivity contribution in [2.24, 2.45) is 0 Å². The van der Waals surface area contributed by atoms with Crippen molar-refractivity contribution in [1.82, 2.24) is 9.97 Å². The number of nitrogens with one attached hydrogen (secondary N) is 2. The number of H-pyrrole nitrogens is 1. The lowest BCUT2D eigenvalue weighted by molar-refractivity contribution is 0.467. The topological polar surface area (TPSA) is 84.1 Å². The molecule has 1 heterocycles. The van der Waals surface area contributed by atoms with Crippen LogP contribution in [0.4, 0.5) is 5.69 Å². The van der Waals surface area contributed by atoms with Gasteiger partial charge in [0.25, 0.3) is 0 Å². The number of sulfonamides is 1. The van der Waals surface area contributed by atoms with E-state index in [2.05, 4.69) is 14.7 Å². The van der Waals surface area contributed by atoms with Gasteiger partial charge in [0.2, 0.25) is 15.9 Å². The van der Waals surface area contributed by atoms with E-state index in [-0.39, 0.29) is 0 Å². The molecule has 4 aromatic rings. The molecule has 0 aliphatic heterocycles. The van der Waals surface area contributed by atoms with Gasteiger partial charge < -0.3 is 9.72 Å². The summed E-state index contributed by atoms with van der Waals surface area (Å²) in [5.41, 5.74) is 3.62. The fourth-order valence-electron chi connectivity index (χ4n) is 3.13. The van der Waals surface area contributed by atoms with E-state index in [0.29, 0.717) is 34.4 Å². The van der Waals surface area contributed by atoms with Gasteiger partial charge in [-0.3, -0.25) is 4.72 Å². The molecule has 0 amide bonds. The van der Waals surface area contributed by atoms with Crippen LogP contribution in [0.15, 0.2) is 78.9 Å². The van der Waals surface area contributed by atoms with Crippen LogP contribution in [-0.2, 0) is 10.0 Å². The highest BCUT2D eigenvalue weighted by atomic mass is 32.2. The highest BCUT2D eigenvalue weighted by Gasteiger charge is 2.19. The number of anilines is 1. The van der Waals surface area contributed by atoms with Gasteiger partial charge in [-0.2, -0.15) is 4.98 Å². The molecule has 0 saturated carbocycles. The third-order valence-electron chi connectivity index (χ3n) is 4.41. The first-order valence-corrected chi connectivity index (χ1v) is 11.3. The van der Waals surface area contributed by atoms with Crippen molar-refractivity contribution >= 4 is 15.7 Å². The molecule has 0 atom stereocenters. The van der Waals surface area contributed by atoms with E-state index in [1.54, 1.807) is 12.1 Å². The Bertz CT molecular complexity index is 1280. The Morgan fingerprint density at radius 2 is 1.67 bits per heavy atom. The van der Waals surface area contributed by atoms with E-state index >= 15 is 0 Å². The lowest BCUT2D eigenvalue weighted by Gasteiger charge is -2.11. The molecule has 3 aromatic carbocycles. The van der Waals surface area contributed by atoms with Crippen LogP contribution < -0.4 is 9.46 Å². The third-order valence-corrected chi connectivity index (χ3v) is 5.00. The van der Waals surface area contributed by atoms with Crippen molar-refractivity contribution in [3.05, 3.63) is 84.4 Å². The summed E-state index contributed by atoms with van der Waals surface area (Å²) >= 11 is 0. The summed E-state index contributed by atoms with van der Waals surface area (Å²) in [6.45, 7) is 1.99. The predicted molar refractivity (Wildman–Crippen MR) is 119 cm³/mol. The Labute approximate surface area is 175 Å². The molecule has 0 spiro atoms. The third kappa shape index (κ3) is 4.52. The SMILES string of the molecule is Cc1cccc(Oc2nc(-c3ccccc3)[nH]c2-c2ccccc2NS(C)(=O)=O)c1. The zero-order valence-corrected chi connectivity index (χ0v) is 17.4. The first kappa shape index (κ1) is 19.7. The Hall–Kier alpha value is -3.58. The quantitative estimate of drug-likeness (QED) is 0.449. The molecule has 2 N–H and O–H groups in total. The second-order valence-corrected chi connectivity index (χ2v) is 8.72. The molecular formula is C23H21N3O3S. The predicted octanol–water partition coefficient (Wildman–Crippen LogP) is 5.22. The first-order chi connectivity index (χ1) is 14.4.